The molecule has 0 aliphatic carbocycles. The first-order valence-electron chi connectivity index (χ1n) is 7.34. The fourth-order valence-corrected chi connectivity index (χ4v) is 2.51. The Hall–Kier alpha value is -1.26. The third-order valence-corrected chi connectivity index (χ3v) is 4.20. The molecule has 21 heavy (non-hydrogen) atoms. The topological polar surface area (TPSA) is 70.6 Å². The van der Waals surface area contributed by atoms with Gasteiger partial charge in [-0.25, -0.2) is 0 Å². The third kappa shape index (κ3) is 5.56. The molecule has 4 nitrogen and oxygen atoms in total. The lowest BCUT2D eigenvalue weighted by Crippen LogP contribution is -2.32. The Morgan fingerprint density at radius 2 is 2.05 bits per heavy atom. The highest BCUT2D eigenvalue weighted by atomic mass is 35.5. The maximum Gasteiger partial charge on any atom is 0.144 e. The second-order valence-electron chi connectivity index (χ2n) is 6.02. The van der Waals surface area contributed by atoms with Crippen LogP contribution < -0.4 is 11.1 Å². The van der Waals surface area contributed by atoms with Gasteiger partial charge in [-0.1, -0.05) is 55.2 Å². The molecule has 1 aromatic rings. The summed E-state index contributed by atoms with van der Waals surface area (Å²) in [4.78, 5) is 0. The zero-order valence-electron chi connectivity index (χ0n) is 13.1. The fourth-order valence-electron chi connectivity index (χ4n) is 2.21. The van der Waals surface area contributed by atoms with E-state index in [2.05, 4.69) is 17.4 Å². The van der Waals surface area contributed by atoms with E-state index in [-0.39, 0.29) is 11.5 Å². The second kappa shape index (κ2) is 8.25. The van der Waals surface area contributed by atoms with E-state index in [0.717, 1.165) is 36.4 Å². The standard InChI is InChI=1S/C16H26ClN3O/c1-12(13-8-4-5-9-14(13)17)19-11-7-6-10-16(2,3)15(18)20-21/h4-5,8-9,12,19,21H,6-7,10-11H2,1-3H3,(H2,18,20)/t12-/m0/s1. The van der Waals surface area contributed by atoms with Crippen molar-refractivity contribution in [2.24, 2.45) is 16.3 Å². The van der Waals surface area contributed by atoms with Crippen molar-refractivity contribution in [3.63, 3.8) is 0 Å². The molecule has 1 rings (SSSR count). The summed E-state index contributed by atoms with van der Waals surface area (Å²) >= 11 is 6.18. The zero-order chi connectivity index (χ0) is 15.9. The first-order valence-corrected chi connectivity index (χ1v) is 7.72. The minimum absolute atomic E-state index is 0.232. The summed E-state index contributed by atoms with van der Waals surface area (Å²) in [5.41, 5.74) is 6.54. The van der Waals surface area contributed by atoms with E-state index in [4.69, 9.17) is 22.5 Å². The van der Waals surface area contributed by atoms with Crippen LogP contribution in [-0.4, -0.2) is 17.6 Å². The number of hydrogen-bond acceptors (Lipinski definition) is 3. The molecule has 0 amide bonds. The van der Waals surface area contributed by atoms with Gasteiger partial charge in [-0.15, -0.1) is 0 Å². The van der Waals surface area contributed by atoms with Crippen LogP contribution in [0.5, 0.6) is 0 Å². The number of unbranched alkanes of at least 4 members (excludes halogenated alkanes) is 1. The van der Waals surface area contributed by atoms with Crippen molar-refractivity contribution in [2.75, 3.05) is 6.54 Å². The van der Waals surface area contributed by atoms with E-state index in [1.54, 1.807) is 0 Å². The largest absolute Gasteiger partial charge is 0.409 e. The molecule has 4 N–H and O–H groups in total. The lowest BCUT2D eigenvalue weighted by molar-refractivity contribution is 0.304. The van der Waals surface area contributed by atoms with Crippen LogP contribution >= 0.6 is 11.6 Å². The molecule has 0 saturated carbocycles. The number of halogens is 1. The molecule has 0 aromatic heterocycles. The van der Waals surface area contributed by atoms with Gasteiger partial charge in [-0.2, -0.15) is 0 Å². The Morgan fingerprint density at radius 1 is 1.38 bits per heavy atom. The van der Waals surface area contributed by atoms with Crippen molar-refractivity contribution < 1.29 is 5.21 Å². The van der Waals surface area contributed by atoms with Gasteiger partial charge in [0, 0.05) is 16.5 Å². The summed E-state index contributed by atoms with van der Waals surface area (Å²) in [7, 11) is 0. The molecule has 0 radical (unpaired) electrons. The van der Waals surface area contributed by atoms with Crippen LogP contribution in [0.3, 0.4) is 0 Å². The van der Waals surface area contributed by atoms with E-state index in [0.29, 0.717) is 5.84 Å². The normalized spacial score (nSPS) is 14.2. The number of rotatable bonds is 8. The molecule has 1 atom stereocenters. The van der Waals surface area contributed by atoms with E-state index in [1.807, 2.05) is 38.1 Å². The summed E-state index contributed by atoms with van der Waals surface area (Å²) < 4.78 is 0. The molecular formula is C16H26ClN3O. The molecule has 0 spiro atoms. The van der Waals surface area contributed by atoms with Crippen LogP contribution in [0.1, 0.15) is 51.6 Å². The predicted molar refractivity (Wildman–Crippen MR) is 88.9 cm³/mol. The molecule has 0 aliphatic rings. The van der Waals surface area contributed by atoms with Crippen LogP contribution in [0.25, 0.3) is 0 Å². The van der Waals surface area contributed by atoms with Gasteiger partial charge in [0.05, 0.1) is 0 Å². The Labute approximate surface area is 132 Å². The molecule has 0 heterocycles. The molecule has 5 heteroatoms. The van der Waals surface area contributed by atoms with Crippen LogP contribution in [0.4, 0.5) is 0 Å². The quantitative estimate of drug-likeness (QED) is 0.224. The zero-order valence-corrected chi connectivity index (χ0v) is 13.8. The molecule has 0 unspecified atom stereocenters. The Bertz CT molecular complexity index is 474. The number of hydrogen-bond donors (Lipinski definition) is 3. The number of oxime groups is 1. The molecule has 0 fully saturated rings. The summed E-state index contributed by atoms with van der Waals surface area (Å²) in [6, 6.07) is 8.12. The molecule has 1 aromatic carbocycles. The summed E-state index contributed by atoms with van der Waals surface area (Å²) in [5, 5.41) is 16.1. The summed E-state index contributed by atoms with van der Waals surface area (Å²) in [5.74, 6) is 0.292. The van der Waals surface area contributed by atoms with Gasteiger partial charge in [0.15, 0.2) is 0 Å². The molecule has 0 saturated heterocycles. The van der Waals surface area contributed by atoms with E-state index in [9.17, 15) is 0 Å². The number of amidine groups is 1. The SMILES string of the molecule is C[C@H](NCCCCC(C)(C)/C(N)=N/O)c1ccccc1Cl. The van der Waals surface area contributed by atoms with Crippen molar-refractivity contribution >= 4 is 17.4 Å². The molecule has 0 bridgehead atoms. The Morgan fingerprint density at radius 3 is 2.67 bits per heavy atom. The first kappa shape index (κ1) is 17.8. The lowest BCUT2D eigenvalue weighted by Gasteiger charge is -2.23. The highest BCUT2D eigenvalue weighted by Crippen LogP contribution is 2.24. The Kier molecular flexibility index (Phi) is 6.99. The minimum Gasteiger partial charge on any atom is -0.409 e. The molecule has 118 valence electrons. The van der Waals surface area contributed by atoms with Gasteiger partial charge >= 0.3 is 0 Å². The predicted octanol–water partition coefficient (Wildman–Crippen LogP) is 3.93. The van der Waals surface area contributed by atoms with Crippen molar-refractivity contribution in [3.8, 4) is 0 Å². The molecule has 0 aliphatic heterocycles. The average Bonchev–Trinajstić information content (AvgIpc) is 2.46. The van der Waals surface area contributed by atoms with Crippen molar-refractivity contribution in [3.05, 3.63) is 34.9 Å². The highest BCUT2D eigenvalue weighted by molar-refractivity contribution is 6.31. The number of benzene rings is 1. The van der Waals surface area contributed by atoms with E-state index < -0.39 is 0 Å². The van der Waals surface area contributed by atoms with Gasteiger partial charge in [0.25, 0.3) is 0 Å². The number of nitrogens with one attached hydrogen (secondary N) is 1. The van der Waals surface area contributed by atoms with Gasteiger partial charge in [-0.05, 0) is 37.9 Å². The third-order valence-electron chi connectivity index (χ3n) is 3.85. The summed E-state index contributed by atoms with van der Waals surface area (Å²) in [6.45, 7) is 7.00. The number of nitrogens with zero attached hydrogens (tertiary/aromatic N) is 1. The van der Waals surface area contributed by atoms with Crippen molar-refractivity contribution in [1.82, 2.24) is 5.32 Å². The van der Waals surface area contributed by atoms with Gasteiger partial charge < -0.3 is 16.3 Å². The van der Waals surface area contributed by atoms with E-state index in [1.165, 1.54) is 0 Å². The van der Waals surface area contributed by atoms with Crippen LogP contribution in [0.2, 0.25) is 5.02 Å². The van der Waals surface area contributed by atoms with Gasteiger partial charge in [0.1, 0.15) is 5.84 Å². The van der Waals surface area contributed by atoms with Crippen LogP contribution in [0.15, 0.2) is 29.4 Å². The van der Waals surface area contributed by atoms with Crippen molar-refractivity contribution in [2.45, 2.75) is 46.1 Å². The minimum atomic E-state index is -0.261. The second-order valence-corrected chi connectivity index (χ2v) is 6.43. The molecular weight excluding hydrogens is 286 g/mol. The van der Waals surface area contributed by atoms with Crippen LogP contribution in [0, 0.1) is 5.41 Å². The smallest absolute Gasteiger partial charge is 0.144 e. The Balaban J connectivity index is 2.31. The highest BCUT2D eigenvalue weighted by Gasteiger charge is 2.22. The monoisotopic (exact) mass is 311 g/mol. The van der Waals surface area contributed by atoms with Gasteiger partial charge in [-0.3, -0.25) is 0 Å². The first-order chi connectivity index (χ1) is 9.88. The number of nitrogens with two attached hydrogens (primary N) is 1. The van der Waals surface area contributed by atoms with Gasteiger partial charge in [0.2, 0.25) is 0 Å². The lowest BCUT2D eigenvalue weighted by atomic mass is 9.86. The average molecular weight is 312 g/mol. The van der Waals surface area contributed by atoms with Crippen LogP contribution in [-0.2, 0) is 0 Å². The fraction of sp³-hybridized carbons (Fsp3) is 0.562. The maximum absolute atomic E-state index is 8.74. The van der Waals surface area contributed by atoms with Crippen molar-refractivity contribution in [1.29, 1.82) is 0 Å². The maximum atomic E-state index is 8.74. The van der Waals surface area contributed by atoms with E-state index >= 15 is 0 Å². The summed E-state index contributed by atoms with van der Waals surface area (Å²) in [6.07, 6.45) is 2.95.